The van der Waals surface area contributed by atoms with Gasteiger partial charge in [-0.25, -0.2) is 0 Å². The number of nitrogens with zero attached hydrogens (tertiary/aromatic N) is 2. The van der Waals surface area contributed by atoms with Crippen LogP contribution in [0.25, 0.3) is 11.6 Å². The monoisotopic (exact) mass is 414 g/mol. The number of nitriles is 2. The molecule has 30 heavy (non-hydrogen) atoms. The third-order valence-electron chi connectivity index (χ3n) is 4.31. The molecule has 0 bridgehead atoms. The summed E-state index contributed by atoms with van der Waals surface area (Å²) in [6, 6.07) is 24.3. The Bertz CT molecular complexity index is 1140. The molecule has 0 fully saturated rings. The van der Waals surface area contributed by atoms with Crippen LogP contribution in [0.1, 0.15) is 29.2 Å². The molecule has 3 rings (SSSR count). The standard InChI is InChI=1S/C25H19ClN2O2/c1-2-29-25-14-19(12-22(16-28)21-5-3-4-20(13-21)15-27)8-11-24(25)30-17-18-6-9-23(26)10-7-18/h3-14H,2,17H2,1H3/b22-12-. The molecule has 0 saturated carbocycles. The van der Waals surface area contributed by atoms with Gasteiger partial charge in [-0.3, -0.25) is 0 Å². The van der Waals surface area contributed by atoms with E-state index in [-0.39, 0.29) is 0 Å². The summed E-state index contributed by atoms with van der Waals surface area (Å²) in [6.07, 6.45) is 1.77. The Morgan fingerprint density at radius 1 is 0.967 bits per heavy atom. The second-order valence-corrected chi connectivity index (χ2v) is 6.85. The molecule has 0 atom stereocenters. The normalized spacial score (nSPS) is 10.7. The van der Waals surface area contributed by atoms with E-state index in [2.05, 4.69) is 12.1 Å². The van der Waals surface area contributed by atoms with Gasteiger partial charge in [-0.15, -0.1) is 0 Å². The Hall–Kier alpha value is -3.73. The quantitative estimate of drug-likeness (QED) is 0.338. The van der Waals surface area contributed by atoms with Gasteiger partial charge in [0.05, 0.1) is 29.9 Å². The largest absolute Gasteiger partial charge is 0.490 e. The molecule has 0 aromatic heterocycles. The molecule has 0 saturated heterocycles. The van der Waals surface area contributed by atoms with Crippen LogP contribution in [0.15, 0.2) is 66.7 Å². The van der Waals surface area contributed by atoms with Crippen molar-refractivity contribution in [3.63, 3.8) is 0 Å². The summed E-state index contributed by atoms with van der Waals surface area (Å²) in [6.45, 7) is 2.77. The van der Waals surface area contributed by atoms with Crippen molar-refractivity contribution in [3.8, 4) is 23.6 Å². The summed E-state index contributed by atoms with van der Waals surface area (Å²) in [5.74, 6) is 1.22. The Balaban J connectivity index is 1.86. The fraction of sp³-hybridized carbons (Fsp3) is 0.120. The smallest absolute Gasteiger partial charge is 0.161 e. The maximum Gasteiger partial charge on any atom is 0.161 e. The predicted octanol–water partition coefficient (Wildman–Crippen LogP) is 6.25. The van der Waals surface area contributed by atoms with E-state index in [1.54, 1.807) is 24.3 Å². The van der Waals surface area contributed by atoms with Crippen LogP contribution in [0.4, 0.5) is 0 Å². The van der Waals surface area contributed by atoms with Crippen LogP contribution in [0.2, 0.25) is 5.02 Å². The topological polar surface area (TPSA) is 66.0 Å². The molecule has 0 N–H and O–H groups in total. The lowest BCUT2D eigenvalue weighted by Gasteiger charge is -2.13. The summed E-state index contributed by atoms with van der Waals surface area (Å²) in [5, 5.41) is 19.4. The molecule has 0 aliphatic rings. The van der Waals surface area contributed by atoms with Gasteiger partial charge in [0.15, 0.2) is 11.5 Å². The average Bonchev–Trinajstić information content (AvgIpc) is 2.78. The van der Waals surface area contributed by atoms with Gasteiger partial charge in [0.2, 0.25) is 0 Å². The van der Waals surface area contributed by atoms with E-state index in [1.807, 2.05) is 55.5 Å². The van der Waals surface area contributed by atoms with E-state index >= 15 is 0 Å². The summed E-state index contributed by atoms with van der Waals surface area (Å²) in [5.41, 5.74) is 3.46. The summed E-state index contributed by atoms with van der Waals surface area (Å²) < 4.78 is 11.7. The maximum absolute atomic E-state index is 9.59. The molecular weight excluding hydrogens is 396 g/mol. The molecule has 3 aromatic rings. The summed E-state index contributed by atoms with van der Waals surface area (Å²) >= 11 is 5.92. The van der Waals surface area contributed by atoms with Crippen LogP contribution < -0.4 is 9.47 Å². The van der Waals surface area contributed by atoms with Crippen LogP contribution in [-0.4, -0.2) is 6.61 Å². The van der Waals surface area contributed by atoms with Gasteiger partial charge in [-0.05, 0) is 66.1 Å². The fourth-order valence-electron chi connectivity index (χ4n) is 2.85. The lowest BCUT2D eigenvalue weighted by molar-refractivity contribution is 0.269. The first-order chi connectivity index (χ1) is 14.6. The van der Waals surface area contributed by atoms with Gasteiger partial charge in [0, 0.05) is 5.02 Å². The number of halogens is 1. The van der Waals surface area contributed by atoms with Crippen molar-refractivity contribution in [1.82, 2.24) is 0 Å². The minimum absolute atomic E-state index is 0.386. The number of benzene rings is 3. The van der Waals surface area contributed by atoms with Gasteiger partial charge in [0.1, 0.15) is 6.61 Å². The van der Waals surface area contributed by atoms with Crippen molar-refractivity contribution >= 4 is 23.3 Å². The molecule has 0 amide bonds. The molecule has 148 valence electrons. The minimum Gasteiger partial charge on any atom is -0.490 e. The fourth-order valence-corrected chi connectivity index (χ4v) is 2.97. The van der Waals surface area contributed by atoms with Gasteiger partial charge < -0.3 is 9.47 Å². The second-order valence-electron chi connectivity index (χ2n) is 6.42. The van der Waals surface area contributed by atoms with Gasteiger partial charge >= 0.3 is 0 Å². The highest BCUT2D eigenvalue weighted by Crippen LogP contribution is 2.31. The zero-order valence-electron chi connectivity index (χ0n) is 16.4. The summed E-state index contributed by atoms with van der Waals surface area (Å²) in [7, 11) is 0. The van der Waals surface area contributed by atoms with E-state index < -0.39 is 0 Å². The van der Waals surface area contributed by atoms with Crippen molar-refractivity contribution in [2.45, 2.75) is 13.5 Å². The average molecular weight is 415 g/mol. The number of allylic oxidation sites excluding steroid dienone is 1. The molecule has 3 aromatic carbocycles. The van der Waals surface area contributed by atoms with E-state index in [1.165, 1.54) is 0 Å². The lowest BCUT2D eigenvalue weighted by atomic mass is 10.0. The van der Waals surface area contributed by atoms with Crippen LogP contribution in [0.3, 0.4) is 0 Å². The molecule has 0 unspecified atom stereocenters. The minimum atomic E-state index is 0.386. The molecule has 0 aliphatic heterocycles. The van der Waals surface area contributed by atoms with Gasteiger partial charge in [0.25, 0.3) is 0 Å². The Labute approximate surface area is 181 Å². The highest BCUT2D eigenvalue weighted by atomic mass is 35.5. The zero-order valence-corrected chi connectivity index (χ0v) is 17.2. The zero-order chi connectivity index (χ0) is 21.3. The first kappa shape index (κ1) is 21.0. The maximum atomic E-state index is 9.59. The number of hydrogen-bond acceptors (Lipinski definition) is 4. The van der Waals surface area contributed by atoms with Crippen LogP contribution in [0, 0.1) is 22.7 Å². The van der Waals surface area contributed by atoms with Gasteiger partial charge in [-0.1, -0.05) is 41.9 Å². The Morgan fingerprint density at radius 3 is 2.47 bits per heavy atom. The van der Waals surface area contributed by atoms with E-state index in [0.29, 0.717) is 46.4 Å². The molecular formula is C25H19ClN2O2. The first-order valence-electron chi connectivity index (χ1n) is 9.39. The van der Waals surface area contributed by atoms with Crippen molar-refractivity contribution in [3.05, 3.63) is 94.0 Å². The van der Waals surface area contributed by atoms with Crippen LogP contribution in [-0.2, 0) is 6.61 Å². The second kappa shape index (κ2) is 10.2. The molecule has 0 aliphatic carbocycles. The van der Waals surface area contributed by atoms with Gasteiger partial charge in [-0.2, -0.15) is 10.5 Å². The van der Waals surface area contributed by atoms with E-state index in [9.17, 15) is 5.26 Å². The highest BCUT2D eigenvalue weighted by Gasteiger charge is 2.08. The third kappa shape index (κ3) is 5.41. The number of rotatable bonds is 7. The Morgan fingerprint density at radius 2 is 1.77 bits per heavy atom. The van der Waals surface area contributed by atoms with Crippen LogP contribution in [0.5, 0.6) is 11.5 Å². The molecule has 0 radical (unpaired) electrons. The Kier molecular flexibility index (Phi) is 7.11. The molecule has 0 spiro atoms. The molecule has 5 heteroatoms. The van der Waals surface area contributed by atoms with Crippen molar-refractivity contribution in [2.24, 2.45) is 0 Å². The molecule has 0 heterocycles. The van der Waals surface area contributed by atoms with E-state index in [4.69, 9.17) is 26.3 Å². The third-order valence-corrected chi connectivity index (χ3v) is 4.56. The van der Waals surface area contributed by atoms with E-state index in [0.717, 1.165) is 11.1 Å². The number of ether oxygens (including phenoxy) is 2. The predicted molar refractivity (Wildman–Crippen MR) is 118 cm³/mol. The number of hydrogen-bond donors (Lipinski definition) is 0. The van der Waals surface area contributed by atoms with Crippen LogP contribution >= 0.6 is 11.6 Å². The lowest BCUT2D eigenvalue weighted by Crippen LogP contribution is -2.00. The van der Waals surface area contributed by atoms with Crippen molar-refractivity contribution in [2.75, 3.05) is 6.61 Å². The van der Waals surface area contributed by atoms with Crippen molar-refractivity contribution < 1.29 is 9.47 Å². The molecule has 4 nitrogen and oxygen atoms in total. The highest BCUT2D eigenvalue weighted by molar-refractivity contribution is 6.30. The first-order valence-corrected chi connectivity index (χ1v) is 9.77. The SMILES string of the molecule is CCOc1cc(/C=C(/C#N)c2cccc(C#N)c2)ccc1OCc1ccc(Cl)cc1. The summed E-state index contributed by atoms with van der Waals surface area (Å²) in [4.78, 5) is 0. The van der Waals surface area contributed by atoms with Crippen molar-refractivity contribution in [1.29, 1.82) is 10.5 Å².